The maximum absolute atomic E-state index is 12.9. The van der Waals surface area contributed by atoms with Crippen molar-refractivity contribution in [1.82, 2.24) is 5.32 Å². The molecule has 27 heavy (non-hydrogen) atoms. The van der Waals surface area contributed by atoms with Gasteiger partial charge in [0.25, 0.3) is 0 Å². The molecule has 1 aromatic rings. The van der Waals surface area contributed by atoms with Gasteiger partial charge < -0.3 is 10.1 Å². The van der Waals surface area contributed by atoms with Crippen molar-refractivity contribution in [2.75, 3.05) is 7.11 Å². The fraction of sp³-hybridized carbons (Fsp3) is 0.529. The second-order valence-electron chi connectivity index (χ2n) is 6.04. The van der Waals surface area contributed by atoms with Crippen LogP contribution in [0.5, 0.6) is 0 Å². The molecular weight excluding hydrogens is 380 g/mol. The van der Waals surface area contributed by atoms with Crippen LogP contribution in [0.1, 0.15) is 37.0 Å². The first-order valence-corrected chi connectivity index (χ1v) is 7.95. The lowest BCUT2D eigenvalue weighted by Crippen LogP contribution is -2.46. The van der Waals surface area contributed by atoms with Crippen LogP contribution in [0.2, 0.25) is 0 Å². The highest BCUT2D eigenvalue weighted by Gasteiger charge is 2.37. The number of hydrogen-bond acceptors (Lipinski definition) is 3. The number of alkyl halides is 6. The maximum Gasteiger partial charge on any atom is 0.416 e. The third kappa shape index (κ3) is 6.44. The Labute approximate surface area is 151 Å². The molecule has 10 heteroatoms. The van der Waals surface area contributed by atoms with Gasteiger partial charge in [-0.3, -0.25) is 4.79 Å². The van der Waals surface area contributed by atoms with Crippen molar-refractivity contribution < 1.29 is 40.7 Å². The SMILES string of the molecule is CC[C@H](C)[C@H](NC(=O)Cc1cc(C(F)(F)F)cc(C(F)(F)F)c1)C(=O)OC. The Bertz CT molecular complexity index is 652. The Balaban J connectivity index is 3.12. The van der Waals surface area contributed by atoms with E-state index in [4.69, 9.17) is 0 Å². The molecule has 0 aliphatic rings. The van der Waals surface area contributed by atoms with Crippen LogP contribution < -0.4 is 5.32 Å². The van der Waals surface area contributed by atoms with Gasteiger partial charge in [-0.1, -0.05) is 20.3 Å². The van der Waals surface area contributed by atoms with E-state index in [9.17, 15) is 35.9 Å². The van der Waals surface area contributed by atoms with Gasteiger partial charge in [-0.15, -0.1) is 0 Å². The predicted octanol–water partition coefficient (Wildman–Crippen LogP) is 3.97. The number of benzene rings is 1. The normalized spacial score (nSPS) is 14.4. The lowest BCUT2D eigenvalue weighted by Gasteiger charge is -2.22. The summed E-state index contributed by atoms with van der Waals surface area (Å²) in [5.41, 5.74) is -3.49. The average molecular weight is 399 g/mol. The van der Waals surface area contributed by atoms with Gasteiger partial charge in [0.1, 0.15) is 6.04 Å². The summed E-state index contributed by atoms with van der Waals surface area (Å²) in [6, 6.07) is -0.116. The number of ether oxygens (including phenoxy) is 1. The highest BCUT2D eigenvalue weighted by Crippen LogP contribution is 2.36. The largest absolute Gasteiger partial charge is 0.467 e. The lowest BCUT2D eigenvalue weighted by atomic mass is 9.98. The summed E-state index contributed by atoms with van der Waals surface area (Å²) in [6.07, 6.45) is -10.3. The standard InChI is InChI=1S/C17H19F6NO3/c1-4-9(2)14(15(26)27-3)24-13(25)7-10-5-11(16(18,19)20)8-12(6-10)17(21,22)23/h5-6,8-9,14H,4,7H2,1-3H3,(H,24,25)/t9-,14-/m0/s1. The summed E-state index contributed by atoms with van der Waals surface area (Å²) in [6.45, 7) is 3.39. The van der Waals surface area contributed by atoms with Crippen molar-refractivity contribution in [1.29, 1.82) is 0 Å². The molecule has 0 saturated heterocycles. The third-order valence-corrected chi connectivity index (χ3v) is 4.00. The van der Waals surface area contributed by atoms with Gasteiger partial charge in [0.2, 0.25) is 5.91 Å². The van der Waals surface area contributed by atoms with Crippen LogP contribution in [-0.4, -0.2) is 25.0 Å². The summed E-state index contributed by atoms with van der Waals surface area (Å²) >= 11 is 0. The third-order valence-electron chi connectivity index (χ3n) is 4.00. The van der Waals surface area contributed by atoms with Crippen molar-refractivity contribution >= 4 is 11.9 Å². The first-order chi connectivity index (χ1) is 12.3. The van der Waals surface area contributed by atoms with E-state index in [-0.39, 0.29) is 12.0 Å². The van der Waals surface area contributed by atoms with Crippen molar-refractivity contribution in [3.63, 3.8) is 0 Å². The van der Waals surface area contributed by atoms with E-state index in [2.05, 4.69) is 10.1 Å². The average Bonchev–Trinajstić information content (AvgIpc) is 2.56. The molecule has 1 amide bonds. The Kier molecular flexibility index (Phi) is 7.27. The Hall–Kier alpha value is -2.26. The zero-order valence-electron chi connectivity index (χ0n) is 14.8. The van der Waals surface area contributed by atoms with E-state index < -0.39 is 53.4 Å². The molecule has 0 bridgehead atoms. The molecule has 0 aliphatic carbocycles. The summed E-state index contributed by atoms with van der Waals surface area (Å²) in [5.74, 6) is -1.98. The van der Waals surface area contributed by atoms with Gasteiger partial charge in [-0.05, 0) is 29.7 Å². The summed E-state index contributed by atoms with van der Waals surface area (Å²) < 4.78 is 81.7. The first-order valence-electron chi connectivity index (χ1n) is 7.95. The Morgan fingerprint density at radius 3 is 1.89 bits per heavy atom. The summed E-state index contributed by atoms with van der Waals surface area (Å²) in [5, 5.41) is 2.31. The molecule has 2 atom stereocenters. The molecule has 0 saturated carbocycles. The molecule has 0 heterocycles. The summed E-state index contributed by atoms with van der Waals surface area (Å²) in [4.78, 5) is 23.8. The van der Waals surface area contributed by atoms with Crippen LogP contribution >= 0.6 is 0 Å². The number of methoxy groups -OCH3 is 1. The zero-order chi connectivity index (χ0) is 21.0. The van der Waals surface area contributed by atoms with Crippen LogP contribution in [-0.2, 0) is 33.1 Å². The minimum atomic E-state index is -5.00. The van der Waals surface area contributed by atoms with Gasteiger partial charge in [0.15, 0.2) is 0 Å². The number of hydrogen-bond donors (Lipinski definition) is 1. The molecule has 1 rings (SSSR count). The zero-order valence-corrected chi connectivity index (χ0v) is 14.8. The smallest absolute Gasteiger partial charge is 0.416 e. The van der Waals surface area contributed by atoms with Crippen molar-refractivity contribution in [3.05, 3.63) is 34.9 Å². The molecule has 0 spiro atoms. The van der Waals surface area contributed by atoms with E-state index in [1.807, 2.05) is 0 Å². The summed E-state index contributed by atoms with van der Waals surface area (Å²) in [7, 11) is 1.10. The molecule has 1 aromatic carbocycles. The molecule has 0 radical (unpaired) electrons. The van der Waals surface area contributed by atoms with Gasteiger partial charge >= 0.3 is 18.3 Å². The van der Waals surface area contributed by atoms with Gasteiger partial charge in [0, 0.05) is 0 Å². The topological polar surface area (TPSA) is 55.4 Å². The quantitative estimate of drug-likeness (QED) is 0.582. The second-order valence-corrected chi connectivity index (χ2v) is 6.04. The van der Waals surface area contributed by atoms with Crippen LogP contribution in [0.4, 0.5) is 26.3 Å². The molecule has 0 unspecified atom stereocenters. The lowest BCUT2D eigenvalue weighted by molar-refractivity contribution is -0.146. The van der Waals surface area contributed by atoms with Gasteiger partial charge in [-0.25, -0.2) is 4.79 Å². The number of carbonyl (C=O) groups is 2. The number of esters is 1. The molecule has 152 valence electrons. The van der Waals surface area contributed by atoms with Crippen LogP contribution in [0, 0.1) is 5.92 Å². The predicted molar refractivity (Wildman–Crippen MR) is 83.6 cm³/mol. The molecule has 0 fully saturated rings. The number of amides is 1. The van der Waals surface area contributed by atoms with Crippen LogP contribution in [0.25, 0.3) is 0 Å². The van der Waals surface area contributed by atoms with Crippen molar-refractivity contribution in [2.45, 2.75) is 45.1 Å². The molecule has 1 N–H and O–H groups in total. The van der Waals surface area contributed by atoms with E-state index >= 15 is 0 Å². The first kappa shape index (κ1) is 22.8. The van der Waals surface area contributed by atoms with E-state index in [1.165, 1.54) is 0 Å². The van der Waals surface area contributed by atoms with E-state index in [0.717, 1.165) is 7.11 Å². The van der Waals surface area contributed by atoms with Gasteiger partial charge in [0.05, 0.1) is 24.7 Å². The number of carbonyl (C=O) groups excluding carboxylic acids is 2. The fourth-order valence-electron chi connectivity index (χ4n) is 2.33. The Morgan fingerprint density at radius 2 is 1.52 bits per heavy atom. The van der Waals surface area contributed by atoms with E-state index in [0.29, 0.717) is 18.6 Å². The minimum Gasteiger partial charge on any atom is -0.467 e. The number of nitrogens with one attached hydrogen (secondary N) is 1. The minimum absolute atomic E-state index is 0.0161. The number of halogens is 6. The van der Waals surface area contributed by atoms with E-state index in [1.54, 1.807) is 13.8 Å². The number of rotatable bonds is 6. The molecule has 0 aliphatic heterocycles. The van der Waals surface area contributed by atoms with Crippen LogP contribution in [0.15, 0.2) is 18.2 Å². The second kappa shape index (κ2) is 8.62. The van der Waals surface area contributed by atoms with Crippen molar-refractivity contribution in [2.24, 2.45) is 5.92 Å². The van der Waals surface area contributed by atoms with Gasteiger partial charge in [-0.2, -0.15) is 26.3 Å². The van der Waals surface area contributed by atoms with Crippen LogP contribution in [0.3, 0.4) is 0 Å². The maximum atomic E-state index is 12.9. The molecule has 4 nitrogen and oxygen atoms in total. The monoisotopic (exact) mass is 399 g/mol. The Morgan fingerprint density at radius 1 is 1.04 bits per heavy atom. The molecular formula is C17H19F6NO3. The molecule has 0 aromatic heterocycles. The highest BCUT2D eigenvalue weighted by atomic mass is 19.4. The fourth-order valence-corrected chi connectivity index (χ4v) is 2.33. The highest BCUT2D eigenvalue weighted by molar-refractivity contribution is 5.85. The van der Waals surface area contributed by atoms with Crippen molar-refractivity contribution in [3.8, 4) is 0 Å².